The average Bonchev–Trinajstić information content (AvgIpc) is 2.43. The van der Waals surface area contributed by atoms with Gasteiger partial charge in [0, 0.05) is 6.42 Å². The van der Waals surface area contributed by atoms with Crippen molar-refractivity contribution in [1.29, 1.82) is 5.26 Å². The molecule has 0 aliphatic carbocycles. The van der Waals surface area contributed by atoms with Gasteiger partial charge < -0.3 is 5.11 Å². The third-order valence-electron chi connectivity index (χ3n) is 3.47. The first-order chi connectivity index (χ1) is 9.11. The summed E-state index contributed by atoms with van der Waals surface area (Å²) >= 11 is 0. The van der Waals surface area contributed by atoms with E-state index in [1.54, 1.807) is 12.1 Å². The standard InChI is InChI=1S/C17H17NO/c1-12-4-3-5-13(2)16(12)10-17(19)15-8-6-14(11-18)7-9-15/h3-9,17,19H,10H2,1-2H3. The van der Waals surface area contributed by atoms with E-state index in [4.69, 9.17) is 5.26 Å². The Bertz CT molecular complexity index is 588. The molecular formula is C17H17NO. The molecule has 19 heavy (non-hydrogen) atoms. The Morgan fingerprint density at radius 2 is 1.63 bits per heavy atom. The van der Waals surface area contributed by atoms with E-state index in [2.05, 4.69) is 32.0 Å². The molecule has 1 unspecified atom stereocenters. The maximum absolute atomic E-state index is 10.3. The second-order valence-electron chi connectivity index (χ2n) is 4.82. The number of aliphatic hydroxyl groups excluding tert-OH is 1. The van der Waals surface area contributed by atoms with Crippen LogP contribution in [0.4, 0.5) is 0 Å². The highest BCUT2D eigenvalue weighted by atomic mass is 16.3. The van der Waals surface area contributed by atoms with E-state index >= 15 is 0 Å². The minimum absolute atomic E-state index is 0.535. The molecule has 0 saturated heterocycles. The lowest BCUT2D eigenvalue weighted by Gasteiger charge is -2.15. The minimum Gasteiger partial charge on any atom is -0.388 e. The maximum Gasteiger partial charge on any atom is 0.0991 e. The Morgan fingerprint density at radius 1 is 1.05 bits per heavy atom. The number of benzene rings is 2. The van der Waals surface area contributed by atoms with Crippen LogP contribution in [-0.4, -0.2) is 5.11 Å². The largest absolute Gasteiger partial charge is 0.388 e. The van der Waals surface area contributed by atoms with Gasteiger partial charge in [-0.15, -0.1) is 0 Å². The number of aryl methyl sites for hydroxylation is 2. The summed E-state index contributed by atoms with van der Waals surface area (Å²) < 4.78 is 0. The van der Waals surface area contributed by atoms with Crippen LogP contribution < -0.4 is 0 Å². The third-order valence-corrected chi connectivity index (χ3v) is 3.47. The lowest BCUT2D eigenvalue weighted by Crippen LogP contribution is -2.04. The van der Waals surface area contributed by atoms with Gasteiger partial charge in [-0.3, -0.25) is 0 Å². The predicted octanol–water partition coefficient (Wildman–Crippen LogP) is 3.45. The van der Waals surface area contributed by atoms with Crippen molar-refractivity contribution < 1.29 is 5.11 Å². The Kier molecular flexibility index (Phi) is 3.99. The van der Waals surface area contributed by atoms with E-state index in [9.17, 15) is 5.11 Å². The van der Waals surface area contributed by atoms with Crippen LogP contribution in [0, 0.1) is 25.2 Å². The van der Waals surface area contributed by atoms with Crippen molar-refractivity contribution in [2.24, 2.45) is 0 Å². The summed E-state index contributed by atoms with van der Waals surface area (Å²) in [5.41, 5.74) is 5.06. The van der Waals surface area contributed by atoms with Crippen LogP contribution in [0.3, 0.4) is 0 Å². The topological polar surface area (TPSA) is 44.0 Å². The molecule has 1 atom stereocenters. The van der Waals surface area contributed by atoms with Crippen LogP contribution in [0.15, 0.2) is 42.5 Å². The fourth-order valence-electron chi connectivity index (χ4n) is 2.26. The van der Waals surface area contributed by atoms with E-state index in [1.807, 2.05) is 18.2 Å². The molecule has 2 aromatic carbocycles. The smallest absolute Gasteiger partial charge is 0.0991 e. The van der Waals surface area contributed by atoms with Gasteiger partial charge in [0.15, 0.2) is 0 Å². The summed E-state index contributed by atoms with van der Waals surface area (Å²) in [4.78, 5) is 0. The molecule has 0 heterocycles. The number of nitrogens with zero attached hydrogens (tertiary/aromatic N) is 1. The van der Waals surface area contributed by atoms with Gasteiger partial charge in [-0.25, -0.2) is 0 Å². The van der Waals surface area contributed by atoms with Gasteiger partial charge in [0.05, 0.1) is 17.7 Å². The number of hydrogen-bond donors (Lipinski definition) is 1. The lowest BCUT2D eigenvalue weighted by atomic mass is 9.94. The Labute approximate surface area is 114 Å². The second kappa shape index (κ2) is 5.69. The highest BCUT2D eigenvalue weighted by molar-refractivity contribution is 5.36. The SMILES string of the molecule is Cc1cccc(C)c1CC(O)c1ccc(C#N)cc1. The summed E-state index contributed by atoms with van der Waals surface area (Å²) in [6.45, 7) is 4.13. The first-order valence-corrected chi connectivity index (χ1v) is 6.35. The van der Waals surface area contributed by atoms with E-state index in [-0.39, 0.29) is 0 Å². The summed E-state index contributed by atoms with van der Waals surface area (Å²) in [6, 6.07) is 15.3. The van der Waals surface area contributed by atoms with E-state index in [0.29, 0.717) is 12.0 Å². The molecule has 0 fully saturated rings. The van der Waals surface area contributed by atoms with Crippen LogP contribution in [0.1, 0.15) is 33.9 Å². The van der Waals surface area contributed by atoms with Crippen molar-refractivity contribution in [3.63, 3.8) is 0 Å². The fourth-order valence-corrected chi connectivity index (χ4v) is 2.26. The van der Waals surface area contributed by atoms with Crippen LogP contribution in [0.5, 0.6) is 0 Å². The highest BCUT2D eigenvalue weighted by Crippen LogP contribution is 2.23. The molecule has 0 spiro atoms. The van der Waals surface area contributed by atoms with Gasteiger partial charge in [0.1, 0.15) is 0 Å². The van der Waals surface area contributed by atoms with Gasteiger partial charge in [-0.1, -0.05) is 30.3 Å². The van der Waals surface area contributed by atoms with Crippen LogP contribution in [0.2, 0.25) is 0 Å². The molecule has 0 radical (unpaired) electrons. The second-order valence-corrected chi connectivity index (χ2v) is 4.82. The lowest BCUT2D eigenvalue weighted by molar-refractivity contribution is 0.178. The third kappa shape index (κ3) is 3.01. The van der Waals surface area contributed by atoms with E-state index in [0.717, 1.165) is 5.56 Å². The Hall–Kier alpha value is -2.11. The molecule has 96 valence electrons. The van der Waals surface area contributed by atoms with Crippen molar-refractivity contribution >= 4 is 0 Å². The van der Waals surface area contributed by atoms with Crippen molar-refractivity contribution in [3.8, 4) is 6.07 Å². The zero-order valence-electron chi connectivity index (χ0n) is 11.2. The molecule has 2 aromatic rings. The van der Waals surface area contributed by atoms with Crippen molar-refractivity contribution in [1.82, 2.24) is 0 Å². The zero-order chi connectivity index (χ0) is 13.8. The van der Waals surface area contributed by atoms with Crippen LogP contribution in [0.25, 0.3) is 0 Å². The molecule has 0 saturated carbocycles. The first kappa shape index (κ1) is 13.3. The quantitative estimate of drug-likeness (QED) is 0.908. The van der Waals surface area contributed by atoms with Crippen LogP contribution >= 0.6 is 0 Å². The Morgan fingerprint density at radius 3 is 2.16 bits per heavy atom. The minimum atomic E-state index is -0.535. The fraction of sp³-hybridized carbons (Fsp3) is 0.235. The molecule has 0 bridgehead atoms. The van der Waals surface area contributed by atoms with Gasteiger partial charge in [-0.05, 0) is 48.2 Å². The normalized spacial score (nSPS) is 11.9. The number of nitriles is 1. The summed E-state index contributed by atoms with van der Waals surface area (Å²) in [6.07, 6.45) is 0.0669. The summed E-state index contributed by atoms with van der Waals surface area (Å²) in [5, 5.41) is 19.1. The van der Waals surface area contributed by atoms with Crippen LogP contribution in [-0.2, 0) is 6.42 Å². The number of rotatable bonds is 3. The monoisotopic (exact) mass is 251 g/mol. The van der Waals surface area contributed by atoms with E-state index in [1.165, 1.54) is 16.7 Å². The predicted molar refractivity (Wildman–Crippen MR) is 75.7 cm³/mol. The highest BCUT2D eigenvalue weighted by Gasteiger charge is 2.11. The van der Waals surface area contributed by atoms with Gasteiger partial charge in [0.25, 0.3) is 0 Å². The van der Waals surface area contributed by atoms with Gasteiger partial charge >= 0.3 is 0 Å². The van der Waals surface area contributed by atoms with Crippen molar-refractivity contribution in [3.05, 3.63) is 70.3 Å². The summed E-state index contributed by atoms with van der Waals surface area (Å²) in [7, 11) is 0. The van der Waals surface area contributed by atoms with Crippen molar-refractivity contribution in [2.45, 2.75) is 26.4 Å². The molecule has 2 heteroatoms. The zero-order valence-corrected chi connectivity index (χ0v) is 11.2. The molecule has 2 rings (SSSR count). The summed E-state index contributed by atoms with van der Waals surface area (Å²) in [5.74, 6) is 0. The molecule has 2 nitrogen and oxygen atoms in total. The van der Waals surface area contributed by atoms with Gasteiger partial charge in [-0.2, -0.15) is 5.26 Å². The van der Waals surface area contributed by atoms with Crippen molar-refractivity contribution in [2.75, 3.05) is 0 Å². The molecule has 0 aliphatic rings. The molecule has 0 aromatic heterocycles. The maximum atomic E-state index is 10.3. The number of hydrogen-bond acceptors (Lipinski definition) is 2. The van der Waals surface area contributed by atoms with E-state index < -0.39 is 6.10 Å². The van der Waals surface area contributed by atoms with Gasteiger partial charge in [0.2, 0.25) is 0 Å². The molecular weight excluding hydrogens is 234 g/mol. The number of aliphatic hydroxyl groups is 1. The Balaban J connectivity index is 2.21. The molecule has 0 amide bonds. The average molecular weight is 251 g/mol. The first-order valence-electron chi connectivity index (χ1n) is 6.35. The molecule has 1 N–H and O–H groups in total. The molecule has 0 aliphatic heterocycles.